The van der Waals surface area contributed by atoms with Gasteiger partial charge in [0.05, 0.1) is 7.11 Å². The molecule has 74 valence electrons. The zero-order valence-corrected chi connectivity index (χ0v) is 7.39. The van der Waals surface area contributed by atoms with E-state index in [0.29, 0.717) is 0 Å². The average Bonchev–Trinajstić information content (AvgIpc) is 2.62. The van der Waals surface area contributed by atoms with Crippen LogP contribution in [0.2, 0.25) is 0 Å². The van der Waals surface area contributed by atoms with Crippen LogP contribution in [0.1, 0.15) is 16.3 Å². The molecule has 0 unspecified atom stereocenters. The molecule has 1 heterocycles. The normalized spacial score (nSPS) is 10.4. The van der Waals surface area contributed by atoms with Crippen molar-refractivity contribution in [2.45, 2.75) is 0 Å². The summed E-state index contributed by atoms with van der Waals surface area (Å²) in [6.45, 7) is 0. The minimum atomic E-state index is -1.15. The van der Waals surface area contributed by atoms with Crippen molar-refractivity contribution in [2.24, 2.45) is 0 Å². The SMILES string of the molecule is COC(=O)/C=C/c1ccc(C(=O)O)o1. The van der Waals surface area contributed by atoms with Crippen molar-refractivity contribution >= 4 is 18.0 Å². The van der Waals surface area contributed by atoms with Crippen LogP contribution in [0.4, 0.5) is 0 Å². The number of carboxylic acids is 1. The molecule has 0 saturated heterocycles. The second kappa shape index (κ2) is 4.27. The Morgan fingerprint density at radius 2 is 2.21 bits per heavy atom. The first-order chi connectivity index (χ1) is 6.63. The topological polar surface area (TPSA) is 76.7 Å². The van der Waals surface area contributed by atoms with E-state index in [0.717, 1.165) is 6.08 Å². The zero-order valence-electron chi connectivity index (χ0n) is 7.39. The lowest BCUT2D eigenvalue weighted by Gasteiger charge is -1.88. The summed E-state index contributed by atoms with van der Waals surface area (Å²) in [5.41, 5.74) is 0. The van der Waals surface area contributed by atoms with Crippen LogP contribution in [0.25, 0.3) is 6.08 Å². The Morgan fingerprint density at radius 3 is 2.71 bits per heavy atom. The van der Waals surface area contributed by atoms with Crippen molar-refractivity contribution in [1.29, 1.82) is 0 Å². The van der Waals surface area contributed by atoms with Crippen molar-refractivity contribution < 1.29 is 23.8 Å². The van der Waals surface area contributed by atoms with Gasteiger partial charge in [0, 0.05) is 6.08 Å². The molecule has 0 fully saturated rings. The molecule has 0 aromatic carbocycles. The highest BCUT2D eigenvalue weighted by Gasteiger charge is 2.06. The minimum Gasteiger partial charge on any atom is -0.475 e. The molecule has 1 aromatic heterocycles. The molecule has 0 radical (unpaired) electrons. The molecule has 0 aliphatic carbocycles. The van der Waals surface area contributed by atoms with E-state index in [1.165, 1.54) is 25.3 Å². The molecule has 0 bridgehead atoms. The Bertz CT molecular complexity index is 374. The van der Waals surface area contributed by atoms with Crippen LogP contribution in [0.3, 0.4) is 0 Å². The predicted octanol–water partition coefficient (Wildman–Crippen LogP) is 1.16. The van der Waals surface area contributed by atoms with Crippen LogP contribution in [-0.4, -0.2) is 24.2 Å². The summed E-state index contributed by atoms with van der Waals surface area (Å²) in [6.07, 6.45) is 2.47. The number of rotatable bonds is 3. The van der Waals surface area contributed by atoms with Crippen molar-refractivity contribution in [3.05, 3.63) is 29.7 Å². The molecule has 1 aromatic rings. The van der Waals surface area contributed by atoms with Crippen molar-refractivity contribution in [1.82, 2.24) is 0 Å². The fourth-order valence-corrected chi connectivity index (χ4v) is 0.776. The van der Waals surface area contributed by atoms with Gasteiger partial charge in [-0.2, -0.15) is 0 Å². The van der Waals surface area contributed by atoms with Gasteiger partial charge in [0.1, 0.15) is 5.76 Å². The molecule has 1 N–H and O–H groups in total. The van der Waals surface area contributed by atoms with E-state index < -0.39 is 11.9 Å². The number of ether oxygens (including phenoxy) is 1. The maximum atomic E-state index is 10.7. The Morgan fingerprint density at radius 1 is 1.50 bits per heavy atom. The molecule has 5 heteroatoms. The van der Waals surface area contributed by atoms with E-state index in [4.69, 9.17) is 9.52 Å². The molecule has 14 heavy (non-hydrogen) atoms. The Hall–Kier alpha value is -2.04. The number of esters is 1. The fraction of sp³-hybridized carbons (Fsp3) is 0.111. The first-order valence-electron chi connectivity index (χ1n) is 3.72. The van der Waals surface area contributed by atoms with Gasteiger partial charge >= 0.3 is 11.9 Å². The van der Waals surface area contributed by atoms with E-state index in [1.54, 1.807) is 0 Å². The quantitative estimate of drug-likeness (QED) is 0.579. The summed E-state index contributed by atoms with van der Waals surface area (Å²) in [7, 11) is 1.25. The van der Waals surface area contributed by atoms with Crippen LogP contribution in [0.15, 0.2) is 22.6 Å². The maximum Gasteiger partial charge on any atom is 0.371 e. The van der Waals surface area contributed by atoms with Crippen LogP contribution in [0.5, 0.6) is 0 Å². The van der Waals surface area contributed by atoms with Crippen LogP contribution < -0.4 is 0 Å². The number of carboxylic acid groups (broad SMARTS) is 1. The monoisotopic (exact) mass is 196 g/mol. The fourth-order valence-electron chi connectivity index (χ4n) is 0.776. The first kappa shape index (κ1) is 10.0. The molecular weight excluding hydrogens is 188 g/mol. The number of carbonyl (C=O) groups excluding carboxylic acids is 1. The number of aromatic carboxylic acids is 1. The summed E-state index contributed by atoms with van der Waals surface area (Å²) in [4.78, 5) is 21.1. The molecule has 0 aliphatic rings. The van der Waals surface area contributed by atoms with Crippen LogP contribution in [0, 0.1) is 0 Å². The standard InChI is InChI=1S/C9H8O5/c1-13-8(10)5-3-6-2-4-7(14-6)9(11)12/h2-5H,1H3,(H,11,12)/b5-3+. The van der Waals surface area contributed by atoms with Crippen LogP contribution >= 0.6 is 0 Å². The summed E-state index contributed by atoms with van der Waals surface area (Å²) in [5.74, 6) is -1.57. The van der Waals surface area contributed by atoms with Gasteiger partial charge in [-0.1, -0.05) is 0 Å². The number of hydrogen-bond donors (Lipinski definition) is 1. The van der Waals surface area contributed by atoms with Gasteiger partial charge in [0.2, 0.25) is 5.76 Å². The predicted molar refractivity (Wildman–Crippen MR) is 46.7 cm³/mol. The van der Waals surface area contributed by atoms with Gasteiger partial charge in [-0.25, -0.2) is 9.59 Å². The van der Waals surface area contributed by atoms with Gasteiger partial charge in [-0.3, -0.25) is 0 Å². The van der Waals surface area contributed by atoms with E-state index in [9.17, 15) is 9.59 Å². The van der Waals surface area contributed by atoms with Gasteiger partial charge in [-0.15, -0.1) is 0 Å². The van der Waals surface area contributed by atoms with Crippen molar-refractivity contribution in [2.75, 3.05) is 7.11 Å². The van der Waals surface area contributed by atoms with Gasteiger partial charge in [-0.05, 0) is 18.2 Å². The Kier molecular flexibility index (Phi) is 3.06. The second-order valence-electron chi connectivity index (χ2n) is 2.36. The Balaban J connectivity index is 2.73. The van der Waals surface area contributed by atoms with Gasteiger partial charge in [0.25, 0.3) is 0 Å². The van der Waals surface area contributed by atoms with Crippen LogP contribution in [-0.2, 0) is 9.53 Å². The second-order valence-corrected chi connectivity index (χ2v) is 2.36. The molecule has 5 nitrogen and oxygen atoms in total. The van der Waals surface area contributed by atoms with E-state index >= 15 is 0 Å². The molecule has 0 spiro atoms. The smallest absolute Gasteiger partial charge is 0.371 e. The average molecular weight is 196 g/mol. The number of furan rings is 1. The molecule has 0 amide bonds. The van der Waals surface area contributed by atoms with Gasteiger partial charge < -0.3 is 14.3 Å². The highest BCUT2D eigenvalue weighted by atomic mass is 16.5. The minimum absolute atomic E-state index is 0.172. The van der Waals surface area contributed by atoms with Gasteiger partial charge in [0.15, 0.2) is 0 Å². The highest BCUT2D eigenvalue weighted by molar-refractivity contribution is 5.87. The molecule has 1 rings (SSSR count). The lowest BCUT2D eigenvalue weighted by molar-refractivity contribution is -0.134. The zero-order chi connectivity index (χ0) is 10.6. The number of hydrogen-bond acceptors (Lipinski definition) is 4. The molecule has 0 aliphatic heterocycles. The third kappa shape index (κ3) is 2.48. The highest BCUT2D eigenvalue weighted by Crippen LogP contribution is 2.09. The number of carbonyl (C=O) groups is 2. The summed E-state index contributed by atoms with van der Waals surface area (Å²) >= 11 is 0. The Labute approximate surface area is 79.6 Å². The summed E-state index contributed by atoms with van der Waals surface area (Å²) < 4.78 is 9.19. The first-order valence-corrected chi connectivity index (χ1v) is 3.72. The van der Waals surface area contributed by atoms with Crippen molar-refractivity contribution in [3.63, 3.8) is 0 Å². The van der Waals surface area contributed by atoms with E-state index in [-0.39, 0.29) is 11.5 Å². The van der Waals surface area contributed by atoms with Crippen molar-refractivity contribution in [3.8, 4) is 0 Å². The molecule has 0 saturated carbocycles. The lowest BCUT2D eigenvalue weighted by atomic mass is 10.4. The third-order valence-electron chi connectivity index (χ3n) is 1.42. The third-order valence-corrected chi connectivity index (χ3v) is 1.42. The largest absolute Gasteiger partial charge is 0.475 e. The summed E-state index contributed by atoms with van der Waals surface area (Å²) in [5, 5.41) is 8.51. The molecule has 0 atom stereocenters. The maximum absolute atomic E-state index is 10.7. The van der Waals surface area contributed by atoms with E-state index in [2.05, 4.69) is 4.74 Å². The lowest BCUT2D eigenvalue weighted by Crippen LogP contribution is -1.93. The summed E-state index contributed by atoms with van der Waals surface area (Å²) in [6, 6.07) is 2.75. The number of methoxy groups -OCH3 is 1. The molecular formula is C9H8O5. The van der Waals surface area contributed by atoms with E-state index in [1.807, 2.05) is 0 Å².